The molecular formula is C22H26ClN3O5. The number of ether oxygens (including phenoxy) is 1. The van der Waals surface area contributed by atoms with Gasteiger partial charge in [0.25, 0.3) is 0 Å². The van der Waals surface area contributed by atoms with Gasteiger partial charge in [0.2, 0.25) is 5.91 Å². The Balaban J connectivity index is 1.99. The number of alkyl carbamates (subject to hydrolysis) is 1. The number of hydrogen-bond acceptors (Lipinski definition) is 5. The minimum absolute atomic E-state index is 0.0259. The maximum absolute atomic E-state index is 12.8. The molecule has 9 heteroatoms. The van der Waals surface area contributed by atoms with Crippen molar-refractivity contribution >= 4 is 29.6 Å². The number of amides is 2. The number of carbonyl (C=O) groups excluding carboxylic acids is 2. The average Bonchev–Trinajstić information content (AvgIpc) is 2.73. The van der Waals surface area contributed by atoms with Gasteiger partial charge in [-0.1, -0.05) is 61.8 Å². The maximum Gasteiger partial charge on any atom is 0.408 e. The van der Waals surface area contributed by atoms with Gasteiger partial charge in [-0.3, -0.25) is 4.79 Å². The smallest absolute Gasteiger partial charge is 0.408 e. The van der Waals surface area contributed by atoms with Crippen LogP contribution in [0.2, 0.25) is 5.15 Å². The summed E-state index contributed by atoms with van der Waals surface area (Å²) >= 11 is 5.75. The lowest BCUT2D eigenvalue weighted by Crippen LogP contribution is -2.52. The fourth-order valence-corrected chi connectivity index (χ4v) is 2.96. The van der Waals surface area contributed by atoms with E-state index in [-0.39, 0.29) is 24.1 Å². The molecule has 1 heterocycles. The van der Waals surface area contributed by atoms with Gasteiger partial charge >= 0.3 is 12.1 Å². The molecule has 0 bridgehead atoms. The molecule has 8 nitrogen and oxygen atoms in total. The van der Waals surface area contributed by atoms with E-state index in [4.69, 9.17) is 16.3 Å². The normalized spacial score (nSPS) is 12.6. The molecule has 1 aromatic heterocycles. The van der Waals surface area contributed by atoms with Crippen molar-refractivity contribution in [2.24, 2.45) is 5.92 Å². The fraction of sp³-hybridized carbons (Fsp3) is 0.364. The zero-order chi connectivity index (χ0) is 22.8. The van der Waals surface area contributed by atoms with Gasteiger partial charge in [0.05, 0.1) is 0 Å². The summed E-state index contributed by atoms with van der Waals surface area (Å²) in [5.41, 5.74) is 1.41. The molecule has 0 aliphatic carbocycles. The molecule has 0 unspecified atom stereocenters. The molecule has 0 spiro atoms. The number of pyridine rings is 1. The van der Waals surface area contributed by atoms with Crippen LogP contribution < -0.4 is 10.6 Å². The van der Waals surface area contributed by atoms with Crippen LogP contribution in [0.3, 0.4) is 0 Å². The summed E-state index contributed by atoms with van der Waals surface area (Å²) in [6.45, 7) is 3.85. The van der Waals surface area contributed by atoms with Crippen molar-refractivity contribution in [1.82, 2.24) is 15.6 Å². The predicted octanol–water partition coefficient (Wildman–Crippen LogP) is 3.19. The van der Waals surface area contributed by atoms with Crippen LogP contribution in [0, 0.1) is 5.92 Å². The van der Waals surface area contributed by atoms with E-state index in [9.17, 15) is 19.5 Å². The van der Waals surface area contributed by atoms with E-state index >= 15 is 0 Å². The van der Waals surface area contributed by atoms with Crippen molar-refractivity contribution < 1.29 is 24.2 Å². The molecule has 3 N–H and O–H groups in total. The van der Waals surface area contributed by atoms with Gasteiger partial charge in [0.15, 0.2) is 0 Å². The van der Waals surface area contributed by atoms with Crippen molar-refractivity contribution in [3.63, 3.8) is 0 Å². The molecule has 31 heavy (non-hydrogen) atoms. The van der Waals surface area contributed by atoms with E-state index in [1.165, 1.54) is 6.20 Å². The Bertz CT molecular complexity index is 874. The molecule has 2 amide bonds. The van der Waals surface area contributed by atoms with E-state index in [1.54, 1.807) is 12.1 Å². The molecule has 0 saturated carbocycles. The van der Waals surface area contributed by atoms with Crippen molar-refractivity contribution in [3.05, 3.63) is 64.9 Å². The third kappa shape index (κ3) is 8.64. The highest BCUT2D eigenvalue weighted by atomic mass is 35.5. The lowest BCUT2D eigenvalue weighted by Gasteiger charge is -2.22. The molecule has 0 radical (unpaired) electrons. The van der Waals surface area contributed by atoms with Gasteiger partial charge in [-0.05, 0) is 29.5 Å². The Morgan fingerprint density at radius 2 is 1.74 bits per heavy atom. The first-order chi connectivity index (χ1) is 14.7. The van der Waals surface area contributed by atoms with Gasteiger partial charge < -0.3 is 20.5 Å². The van der Waals surface area contributed by atoms with Gasteiger partial charge in [-0.2, -0.15) is 0 Å². The average molecular weight is 448 g/mol. The minimum atomic E-state index is -1.20. The van der Waals surface area contributed by atoms with E-state index in [2.05, 4.69) is 15.6 Å². The summed E-state index contributed by atoms with van der Waals surface area (Å²) < 4.78 is 5.18. The highest BCUT2D eigenvalue weighted by Gasteiger charge is 2.28. The number of carboxylic acid groups (broad SMARTS) is 1. The van der Waals surface area contributed by atoms with Gasteiger partial charge in [0, 0.05) is 12.6 Å². The van der Waals surface area contributed by atoms with Crippen LogP contribution >= 0.6 is 11.6 Å². The Kier molecular flexibility index (Phi) is 9.27. The fourth-order valence-electron chi connectivity index (χ4n) is 2.85. The number of carboxylic acids is 1. The first kappa shape index (κ1) is 24.1. The third-order valence-corrected chi connectivity index (χ3v) is 4.60. The van der Waals surface area contributed by atoms with Crippen molar-refractivity contribution in [1.29, 1.82) is 0 Å². The largest absolute Gasteiger partial charge is 0.480 e. The van der Waals surface area contributed by atoms with Crippen LogP contribution in [0.1, 0.15) is 31.4 Å². The van der Waals surface area contributed by atoms with Crippen LogP contribution in [-0.4, -0.2) is 40.1 Å². The highest BCUT2D eigenvalue weighted by Crippen LogP contribution is 2.10. The minimum Gasteiger partial charge on any atom is -0.480 e. The summed E-state index contributed by atoms with van der Waals surface area (Å²) in [5, 5.41) is 14.8. The second kappa shape index (κ2) is 11.9. The number of halogens is 1. The summed E-state index contributed by atoms with van der Waals surface area (Å²) in [4.78, 5) is 40.5. The molecule has 1 aromatic carbocycles. The van der Waals surface area contributed by atoms with Gasteiger partial charge in [-0.25, -0.2) is 14.6 Å². The number of nitrogens with zero attached hydrogens (tertiary/aromatic N) is 1. The first-order valence-corrected chi connectivity index (χ1v) is 10.2. The van der Waals surface area contributed by atoms with E-state index in [0.717, 1.165) is 5.56 Å². The van der Waals surface area contributed by atoms with Crippen LogP contribution in [-0.2, 0) is 27.4 Å². The van der Waals surface area contributed by atoms with Crippen LogP contribution in [0.4, 0.5) is 4.79 Å². The molecule has 0 fully saturated rings. The molecule has 2 atom stereocenters. The number of hydrogen-bond donors (Lipinski definition) is 3. The molecule has 0 aliphatic rings. The number of aliphatic carboxylic acids is 1. The summed E-state index contributed by atoms with van der Waals surface area (Å²) in [5.74, 6) is -1.72. The molecular weight excluding hydrogens is 422 g/mol. The standard InChI is InChI=1S/C22H26ClN3O5/c1-14(2)10-17(26-22(30)31-13-15-6-4-3-5-7-15)20(27)25-18(21(28)29)11-16-8-9-19(23)24-12-16/h3-9,12,14,17-18H,10-11,13H2,1-2H3,(H,25,27)(H,26,30)(H,28,29)/t17-,18+/m0/s1. The van der Waals surface area contributed by atoms with Crippen LogP contribution in [0.15, 0.2) is 48.7 Å². The zero-order valence-corrected chi connectivity index (χ0v) is 18.1. The molecule has 0 saturated heterocycles. The molecule has 2 aromatic rings. The number of rotatable bonds is 10. The highest BCUT2D eigenvalue weighted by molar-refractivity contribution is 6.29. The number of nitrogens with one attached hydrogen (secondary N) is 2. The lowest BCUT2D eigenvalue weighted by molar-refractivity contribution is -0.142. The Hall–Kier alpha value is -3.13. The van der Waals surface area contributed by atoms with Crippen LogP contribution in [0.25, 0.3) is 0 Å². The lowest BCUT2D eigenvalue weighted by atomic mass is 10.0. The van der Waals surface area contributed by atoms with E-state index in [0.29, 0.717) is 12.0 Å². The number of carbonyl (C=O) groups is 3. The van der Waals surface area contributed by atoms with Gasteiger partial charge in [-0.15, -0.1) is 0 Å². The monoisotopic (exact) mass is 447 g/mol. The maximum atomic E-state index is 12.8. The molecule has 166 valence electrons. The summed E-state index contributed by atoms with van der Waals surface area (Å²) in [6, 6.07) is 10.2. The Morgan fingerprint density at radius 3 is 2.32 bits per heavy atom. The molecule has 0 aliphatic heterocycles. The quantitative estimate of drug-likeness (QED) is 0.481. The number of aromatic nitrogens is 1. The molecule has 2 rings (SSSR count). The topological polar surface area (TPSA) is 118 Å². The van der Waals surface area contributed by atoms with E-state index < -0.39 is 30.1 Å². The summed E-state index contributed by atoms with van der Waals surface area (Å²) in [6.07, 6.45) is 1.05. The van der Waals surface area contributed by atoms with Crippen LogP contribution in [0.5, 0.6) is 0 Å². The second-order valence-electron chi connectivity index (χ2n) is 7.48. The zero-order valence-electron chi connectivity index (χ0n) is 17.4. The van der Waals surface area contributed by atoms with Gasteiger partial charge in [0.1, 0.15) is 23.8 Å². The SMILES string of the molecule is CC(C)C[C@H](NC(=O)OCc1ccccc1)C(=O)N[C@H](Cc1ccc(Cl)nc1)C(=O)O. The summed E-state index contributed by atoms with van der Waals surface area (Å²) in [7, 11) is 0. The second-order valence-corrected chi connectivity index (χ2v) is 7.87. The Labute approximate surface area is 186 Å². The number of benzene rings is 1. The first-order valence-electron chi connectivity index (χ1n) is 9.85. The van der Waals surface area contributed by atoms with Crippen molar-refractivity contribution in [2.45, 2.75) is 45.4 Å². The van der Waals surface area contributed by atoms with E-state index in [1.807, 2.05) is 44.2 Å². The predicted molar refractivity (Wildman–Crippen MR) is 116 cm³/mol. The third-order valence-electron chi connectivity index (χ3n) is 4.37. The van der Waals surface area contributed by atoms with Crippen molar-refractivity contribution in [2.75, 3.05) is 0 Å². The van der Waals surface area contributed by atoms with Crippen molar-refractivity contribution in [3.8, 4) is 0 Å². The Morgan fingerprint density at radius 1 is 1.03 bits per heavy atom.